The Labute approximate surface area is 631 Å². The third kappa shape index (κ3) is 6.92. The van der Waals surface area contributed by atoms with Gasteiger partial charge in [0.25, 0.3) is 6.71 Å². The Morgan fingerprint density at radius 1 is 0.193 bits per heavy atom. The summed E-state index contributed by atoms with van der Waals surface area (Å²) in [5.41, 5.74) is 46.1. The molecule has 0 saturated carbocycles. The molecule has 109 heavy (non-hydrogen) atoms. The molecule has 18 aromatic rings. The van der Waals surface area contributed by atoms with Crippen molar-refractivity contribution in [1.29, 1.82) is 0 Å². The van der Waals surface area contributed by atoms with Crippen LogP contribution in [0, 0.1) is 0 Å². The molecule has 3 heterocycles. The summed E-state index contributed by atoms with van der Waals surface area (Å²) in [5.74, 6) is 0. The van der Waals surface area contributed by atoms with E-state index in [1.807, 2.05) is 0 Å². The van der Waals surface area contributed by atoms with E-state index in [1.165, 1.54) is 183 Å². The van der Waals surface area contributed by atoms with E-state index >= 15 is 0 Å². The molecule has 3 spiro atoms. The molecule has 3 nitrogen and oxygen atoms in total. The minimum Gasteiger partial charge on any atom is -0.311 e. The van der Waals surface area contributed by atoms with Crippen LogP contribution in [0.5, 0.6) is 0 Å². The number of benzene rings is 17. The molecule has 0 saturated heterocycles. The quantitative estimate of drug-likeness (QED) is 0.163. The number of hydrogen-bond donors (Lipinski definition) is 0. The molecule has 4 heteroatoms. The number of hydrogen-bond acceptors (Lipinski definition) is 2. The van der Waals surface area contributed by atoms with Crippen LogP contribution in [0.3, 0.4) is 0 Å². The van der Waals surface area contributed by atoms with E-state index in [4.69, 9.17) is 0 Å². The van der Waals surface area contributed by atoms with Crippen LogP contribution in [0.15, 0.2) is 376 Å². The van der Waals surface area contributed by atoms with Crippen molar-refractivity contribution < 1.29 is 0 Å². The van der Waals surface area contributed by atoms with Crippen molar-refractivity contribution in [2.75, 3.05) is 9.80 Å². The third-order valence-corrected chi connectivity index (χ3v) is 26.6. The molecule has 0 radical (unpaired) electrons. The van der Waals surface area contributed by atoms with Crippen molar-refractivity contribution in [1.82, 2.24) is 4.57 Å². The van der Waals surface area contributed by atoms with Crippen LogP contribution in [0.2, 0.25) is 0 Å². The van der Waals surface area contributed by atoms with Gasteiger partial charge in [-0.25, -0.2) is 0 Å². The van der Waals surface area contributed by atoms with Crippen LogP contribution in [0.1, 0.15) is 66.8 Å². The highest BCUT2D eigenvalue weighted by atomic mass is 15.2. The number of aromatic nitrogens is 1. The minimum absolute atomic E-state index is 0.335. The first-order valence-corrected chi connectivity index (χ1v) is 38.4. The summed E-state index contributed by atoms with van der Waals surface area (Å²) in [6, 6.07) is 146. The summed E-state index contributed by atoms with van der Waals surface area (Å²) < 4.78 is 2.56. The number of anilines is 6. The summed E-state index contributed by atoms with van der Waals surface area (Å²) in [6.07, 6.45) is 0. The summed E-state index contributed by atoms with van der Waals surface area (Å²) in [6.45, 7) is -0.335. The molecule has 0 unspecified atom stereocenters. The van der Waals surface area contributed by atoms with E-state index < -0.39 is 16.2 Å². The topological polar surface area (TPSA) is 11.4 Å². The van der Waals surface area contributed by atoms with Crippen LogP contribution >= 0.6 is 0 Å². The van der Waals surface area contributed by atoms with Gasteiger partial charge in [-0.1, -0.05) is 315 Å². The molecule has 0 bridgehead atoms. The Kier molecular flexibility index (Phi) is 11.2. The van der Waals surface area contributed by atoms with Crippen LogP contribution < -0.4 is 26.2 Å². The van der Waals surface area contributed by atoms with Crippen LogP contribution in [0.4, 0.5) is 34.1 Å². The van der Waals surface area contributed by atoms with Gasteiger partial charge >= 0.3 is 0 Å². The predicted octanol–water partition coefficient (Wildman–Crippen LogP) is 23.6. The Balaban J connectivity index is 0.846. The van der Waals surface area contributed by atoms with E-state index in [9.17, 15) is 0 Å². The standard InChI is InChI=1S/C105H62BN3/c1-2-26-63(27-3-1)64-50-52-65(53-51-64)107-94-58-56-90-98(77-37-11-22-46-87(77)104(90)82-41-17-6-30-70(82)71-31-7-18-42-83(71)104)101(94)106-100-96(107)61-67(109-92-48-24-13-35-75(92)76-36-14-25-49-93(76)109)62-97(100)108(66-54-55-89-79(60-66)74-34-10-21-45-86(74)103(89)80-39-15-4-28-68(80)69-29-5-16-40-81(69)103)95-59-57-91-99(102(95)106)78-38-12-23-47-88(78)105(91)84-43-19-8-32-72(84)73-33-9-20-44-85(73)105/h1-62H. The van der Waals surface area contributed by atoms with Crippen LogP contribution in [-0.2, 0) is 16.2 Å². The normalized spacial score (nSPS) is 15.0. The molecule has 0 amide bonds. The van der Waals surface area contributed by atoms with Crippen molar-refractivity contribution in [2.24, 2.45) is 0 Å². The van der Waals surface area contributed by atoms with Gasteiger partial charge in [0.05, 0.1) is 33.0 Å². The molecule has 2 aliphatic heterocycles. The van der Waals surface area contributed by atoms with Gasteiger partial charge in [-0.05, 0) is 222 Å². The fourth-order valence-electron chi connectivity index (χ4n) is 22.9. The van der Waals surface area contributed by atoms with Gasteiger partial charge in [0.1, 0.15) is 0 Å². The first-order chi connectivity index (χ1) is 54.1. The number of rotatable bonds is 4. The smallest absolute Gasteiger partial charge is 0.253 e. The maximum atomic E-state index is 2.74. The van der Waals surface area contributed by atoms with Gasteiger partial charge in [0.2, 0.25) is 0 Å². The summed E-state index contributed by atoms with van der Waals surface area (Å²) in [4.78, 5) is 5.42. The highest BCUT2D eigenvalue weighted by Gasteiger charge is 2.59. The molecule has 1 aromatic heterocycles. The first kappa shape index (κ1) is 58.5. The van der Waals surface area contributed by atoms with Crippen LogP contribution in [-0.4, -0.2) is 11.3 Å². The monoisotopic (exact) mass is 1380 g/mol. The molecule has 17 aromatic carbocycles. The van der Waals surface area contributed by atoms with Gasteiger partial charge in [-0.3, -0.25) is 0 Å². The zero-order valence-electron chi connectivity index (χ0n) is 59.2. The second-order valence-electron chi connectivity index (χ2n) is 31.0. The lowest BCUT2D eigenvalue weighted by Gasteiger charge is -2.46. The van der Waals surface area contributed by atoms with Crippen molar-refractivity contribution >= 4 is 79.0 Å². The summed E-state index contributed by atoms with van der Waals surface area (Å²) in [5, 5.41) is 2.45. The molecular weight excluding hydrogens is 1310 g/mol. The molecular formula is C105H62BN3. The molecule has 0 atom stereocenters. The number of fused-ring (bicyclic) bond motifs is 39. The van der Waals surface area contributed by atoms with Gasteiger partial charge in [-0.2, -0.15) is 0 Å². The molecule has 0 fully saturated rings. The second-order valence-corrected chi connectivity index (χ2v) is 31.0. The van der Waals surface area contributed by atoms with E-state index in [2.05, 4.69) is 390 Å². The van der Waals surface area contributed by atoms with Gasteiger partial charge in [-0.15, -0.1) is 0 Å². The van der Waals surface area contributed by atoms with Gasteiger partial charge in [0.15, 0.2) is 0 Å². The Hall–Kier alpha value is -13.8. The highest BCUT2D eigenvalue weighted by molar-refractivity contribution is 7.02. The zero-order valence-corrected chi connectivity index (χ0v) is 59.2. The van der Waals surface area contributed by atoms with E-state index in [1.54, 1.807) is 0 Å². The Bertz CT molecular complexity index is 6960. The fourth-order valence-corrected chi connectivity index (χ4v) is 22.9. The van der Waals surface area contributed by atoms with Crippen molar-refractivity contribution in [3.63, 3.8) is 0 Å². The fraction of sp³-hybridized carbons (Fsp3) is 0.0286. The third-order valence-electron chi connectivity index (χ3n) is 26.6. The largest absolute Gasteiger partial charge is 0.311 e. The van der Waals surface area contributed by atoms with Crippen molar-refractivity contribution in [2.45, 2.75) is 16.2 Å². The first-order valence-electron chi connectivity index (χ1n) is 38.4. The lowest BCUT2D eigenvalue weighted by Crippen LogP contribution is -2.62. The zero-order chi connectivity index (χ0) is 70.7. The average molecular weight is 1380 g/mol. The SMILES string of the molecule is c1ccc(-c2ccc(N3c4cc(-n5c6ccccc6c6ccccc65)cc5c4B(c4c3ccc3c4-c4ccccc4C34c3ccccc3-c3ccccc34)c3c(ccc4c3-c3ccccc3C43c4ccccc4-c4ccccc43)N5c3ccc4c(c3)-c3ccccc3C43c4ccccc4-c4ccccc43)cc2)cc1. The molecule has 0 N–H and O–H groups in total. The lowest BCUT2D eigenvalue weighted by atomic mass is 9.31. The Morgan fingerprint density at radius 2 is 0.495 bits per heavy atom. The van der Waals surface area contributed by atoms with E-state index in [-0.39, 0.29) is 6.71 Å². The molecule has 8 aliphatic rings. The van der Waals surface area contributed by atoms with Gasteiger partial charge < -0.3 is 14.4 Å². The van der Waals surface area contributed by atoms with E-state index in [0.29, 0.717) is 0 Å². The summed E-state index contributed by atoms with van der Waals surface area (Å²) in [7, 11) is 0. The average Bonchev–Trinajstić information content (AvgIpc) is 1.55. The second kappa shape index (κ2) is 20.8. The number of para-hydroxylation sites is 2. The van der Waals surface area contributed by atoms with Crippen molar-refractivity contribution in [3.05, 3.63) is 443 Å². The van der Waals surface area contributed by atoms with E-state index in [0.717, 1.165) is 39.5 Å². The predicted molar refractivity (Wildman–Crippen MR) is 449 cm³/mol. The maximum Gasteiger partial charge on any atom is 0.253 e. The van der Waals surface area contributed by atoms with Crippen LogP contribution in [0.25, 0.3) is 105 Å². The molecule has 6 aliphatic carbocycles. The maximum absolute atomic E-state index is 2.74. The lowest BCUT2D eigenvalue weighted by molar-refractivity contribution is 0.793. The highest BCUT2D eigenvalue weighted by Crippen LogP contribution is 2.68. The Morgan fingerprint density at radius 3 is 0.917 bits per heavy atom. The molecule has 500 valence electrons. The summed E-state index contributed by atoms with van der Waals surface area (Å²) >= 11 is 0. The van der Waals surface area contributed by atoms with Crippen molar-refractivity contribution in [3.8, 4) is 83.6 Å². The number of nitrogens with zero attached hydrogens (tertiary/aromatic N) is 3. The van der Waals surface area contributed by atoms with Gasteiger partial charge in [0, 0.05) is 44.9 Å². The minimum atomic E-state index is -0.626. The molecule has 26 rings (SSSR count).